The molecule has 31 heavy (non-hydrogen) atoms. The number of aryl methyl sites for hydroxylation is 1. The molecule has 1 heterocycles. The number of hydrogen-bond acceptors (Lipinski definition) is 3. The van der Waals surface area contributed by atoms with Gasteiger partial charge in [-0.2, -0.15) is 0 Å². The van der Waals surface area contributed by atoms with E-state index >= 15 is 0 Å². The number of nitrogens with one attached hydrogen (secondary N) is 1. The first kappa shape index (κ1) is 21.2. The molecule has 1 amide bonds. The fourth-order valence-electron chi connectivity index (χ4n) is 4.38. The summed E-state index contributed by atoms with van der Waals surface area (Å²) in [5, 5.41) is 4.02. The molecule has 1 saturated carbocycles. The Morgan fingerprint density at radius 3 is 2.65 bits per heavy atom. The van der Waals surface area contributed by atoms with Gasteiger partial charge in [-0.05, 0) is 62.9 Å². The molecule has 2 aromatic carbocycles. The van der Waals surface area contributed by atoms with Crippen molar-refractivity contribution in [1.29, 1.82) is 0 Å². The van der Waals surface area contributed by atoms with Crippen LogP contribution in [0.4, 0.5) is 4.39 Å². The Kier molecular flexibility index (Phi) is 6.12. The van der Waals surface area contributed by atoms with Crippen molar-refractivity contribution in [3.63, 3.8) is 0 Å². The SMILES string of the molecule is CCOc1c(/C(C)=C/C(=O)NC2CCCC2)cc2c(-c3ccc(F)cc3)coc2c1C. The molecule has 1 N–H and O–H groups in total. The van der Waals surface area contributed by atoms with Gasteiger partial charge >= 0.3 is 0 Å². The lowest BCUT2D eigenvalue weighted by Gasteiger charge is -2.15. The third-order valence-corrected chi connectivity index (χ3v) is 5.96. The summed E-state index contributed by atoms with van der Waals surface area (Å²) in [6.45, 7) is 6.33. The van der Waals surface area contributed by atoms with Gasteiger partial charge in [0.25, 0.3) is 0 Å². The van der Waals surface area contributed by atoms with E-state index in [2.05, 4.69) is 5.32 Å². The second-order valence-corrected chi connectivity index (χ2v) is 8.16. The Hall–Kier alpha value is -3.08. The molecule has 0 saturated heterocycles. The van der Waals surface area contributed by atoms with Gasteiger partial charge in [-0.15, -0.1) is 0 Å². The third-order valence-electron chi connectivity index (χ3n) is 5.96. The minimum atomic E-state index is -0.279. The highest BCUT2D eigenvalue weighted by molar-refractivity contribution is 6.01. The van der Waals surface area contributed by atoms with E-state index in [1.54, 1.807) is 24.5 Å². The number of carbonyl (C=O) groups excluding carboxylic acids is 1. The number of furan rings is 1. The van der Waals surface area contributed by atoms with Crippen LogP contribution in [0.3, 0.4) is 0 Å². The molecular weight excluding hydrogens is 393 g/mol. The summed E-state index contributed by atoms with van der Waals surface area (Å²) in [5.41, 5.74) is 5.05. The van der Waals surface area contributed by atoms with Gasteiger partial charge in [0, 0.05) is 34.2 Å². The number of hydrogen-bond donors (Lipinski definition) is 1. The predicted molar refractivity (Wildman–Crippen MR) is 122 cm³/mol. The molecule has 0 bridgehead atoms. The number of carbonyl (C=O) groups is 1. The molecule has 1 aliphatic rings. The summed E-state index contributed by atoms with van der Waals surface area (Å²) in [6, 6.07) is 8.63. The predicted octanol–water partition coefficient (Wildman–Crippen LogP) is 6.41. The maximum Gasteiger partial charge on any atom is 0.244 e. The molecule has 0 aliphatic heterocycles. The highest BCUT2D eigenvalue weighted by Crippen LogP contribution is 2.40. The van der Waals surface area contributed by atoms with E-state index in [0.29, 0.717) is 6.61 Å². The number of benzene rings is 2. The standard InChI is InChI=1S/C26H28FNO3/c1-4-30-25-17(3)26-22(23(15-31-26)18-9-11-19(27)12-10-18)14-21(25)16(2)13-24(29)28-20-7-5-6-8-20/h9-15,20H,4-8H2,1-3H3,(H,28,29)/b16-13+. The van der Waals surface area contributed by atoms with Crippen LogP contribution in [0, 0.1) is 12.7 Å². The zero-order chi connectivity index (χ0) is 22.0. The second kappa shape index (κ2) is 8.96. The van der Waals surface area contributed by atoms with Gasteiger partial charge in [0.2, 0.25) is 5.91 Å². The van der Waals surface area contributed by atoms with Crippen LogP contribution in [-0.4, -0.2) is 18.6 Å². The quantitative estimate of drug-likeness (QED) is 0.468. The van der Waals surface area contributed by atoms with Crippen LogP contribution >= 0.6 is 0 Å². The third kappa shape index (κ3) is 4.36. The lowest BCUT2D eigenvalue weighted by Crippen LogP contribution is -2.31. The van der Waals surface area contributed by atoms with Crippen LogP contribution in [0.5, 0.6) is 5.75 Å². The van der Waals surface area contributed by atoms with Crippen molar-refractivity contribution in [1.82, 2.24) is 5.32 Å². The molecule has 4 nitrogen and oxygen atoms in total. The first-order chi connectivity index (χ1) is 15.0. The minimum Gasteiger partial charge on any atom is -0.493 e. The summed E-state index contributed by atoms with van der Waals surface area (Å²) in [4.78, 5) is 12.6. The topological polar surface area (TPSA) is 51.5 Å². The van der Waals surface area contributed by atoms with E-state index in [-0.39, 0.29) is 17.8 Å². The van der Waals surface area contributed by atoms with Crippen molar-refractivity contribution in [3.05, 3.63) is 59.6 Å². The summed E-state index contributed by atoms with van der Waals surface area (Å²) in [6.07, 6.45) is 7.78. The summed E-state index contributed by atoms with van der Waals surface area (Å²) >= 11 is 0. The van der Waals surface area contributed by atoms with Crippen LogP contribution < -0.4 is 10.1 Å². The monoisotopic (exact) mass is 421 g/mol. The first-order valence-corrected chi connectivity index (χ1v) is 10.9. The van der Waals surface area contributed by atoms with Crippen molar-refractivity contribution < 1.29 is 18.3 Å². The molecule has 4 rings (SSSR count). The second-order valence-electron chi connectivity index (χ2n) is 8.16. The largest absolute Gasteiger partial charge is 0.493 e. The molecule has 5 heteroatoms. The van der Waals surface area contributed by atoms with Gasteiger partial charge in [-0.25, -0.2) is 4.39 Å². The summed E-state index contributed by atoms with van der Waals surface area (Å²) in [5.74, 6) is 0.368. The van der Waals surface area contributed by atoms with Crippen molar-refractivity contribution in [2.45, 2.75) is 52.5 Å². The Morgan fingerprint density at radius 2 is 1.97 bits per heavy atom. The molecule has 0 atom stereocenters. The van der Waals surface area contributed by atoms with Crippen molar-refractivity contribution >= 4 is 22.4 Å². The maximum absolute atomic E-state index is 13.4. The van der Waals surface area contributed by atoms with Crippen LogP contribution in [0.25, 0.3) is 27.7 Å². The molecule has 0 unspecified atom stereocenters. The van der Waals surface area contributed by atoms with Gasteiger partial charge in [-0.1, -0.05) is 25.0 Å². The summed E-state index contributed by atoms with van der Waals surface area (Å²) in [7, 11) is 0. The molecule has 0 spiro atoms. The van der Waals surface area contributed by atoms with Gasteiger partial charge in [-0.3, -0.25) is 4.79 Å². The number of rotatable bonds is 6. The Labute approximate surface area is 182 Å². The van der Waals surface area contributed by atoms with Crippen LogP contribution in [-0.2, 0) is 4.79 Å². The normalized spacial score (nSPS) is 14.9. The Morgan fingerprint density at radius 1 is 1.26 bits per heavy atom. The summed E-state index contributed by atoms with van der Waals surface area (Å²) < 4.78 is 25.2. The van der Waals surface area contributed by atoms with E-state index in [9.17, 15) is 9.18 Å². The fourth-order valence-corrected chi connectivity index (χ4v) is 4.38. The van der Waals surface area contributed by atoms with E-state index in [0.717, 1.165) is 57.4 Å². The van der Waals surface area contributed by atoms with Gasteiger partial charge in [0.1, 0.15) is 17.1 Å². The van der Waals surface area contributed by atoms with E-state index in [1.807, 2.05) is 26.8 Å². The lowest BCUT2D eigenvalue weighted by molar-refractivity contribution is -0.117. The molecule has 1 aromatic heterocycles. The highest BCUT2D eigenvalue weighted by atomic mass is 19.1. The number of halogens is 1. The smallest absolute Gasteiger partial charge is 0.244 e. The van der Waals surface area contributed by atoms with Gasteiger partial charge in [0.15, 0.2) is 0 Å². The van der Waals surface area contributed by atoms with Crippen molar-refractivity contribution in [3.8, 4) is 16.9 Å². The van der Waals surface area contributed by atoms with E-state index in [1.165, 1.54) is 25.0 Å². The van der Waals surface area contributed by atoms with E-state index < -0.39 is 0 Å². The molecular formula is C26H28FNO3. The Bertz CT molecular complexity index is 1120. The van der Waals surface area contributed by atoms with Crippen LogP contribution in [0.2, 0.25) is 0 Å². The van der Waals surface area contributed by atoms with Crippen molar-refractivity contribution in [2.75, 3.05) is 6.61 Å². The van der Waals surface area contributed by atoms with Gasteiger partial charge < -0.3 is 14.5 Å². The number of fused-ring (bicyclic) bond motifs is 1. The van der Waals surface area contributed by atoms with Gasteiger partial charge in [0.05, 0.1) is 12.9 Å². The lowest BCUT2D eigenvalue weighted by atomic mass is 9.96. The minimum absolute atomic E-state index is 0.0736. The average molecular weight is 422 g/mol. The Balaban J connectivity index is 1.77. The first-order valence-electron chi connectivity index (χ1n) is 10.9. The number of amides is 1. The fraction of sp³-hybridized carbons (Fsp3) is 0.346. The molecule has 3 aromatic rings. The van der Waals surface area contributed by atoms with Crippen molar-refractivity contribution in [2.24, 2.45) is 0 Å². The number of allylic oxidation sites excluding steroid dienone is 1. The van der Waals surface area contributed by atoms with Crippen LogP contribution in [0.1, 0.15) is 50.7 Å². The van der Waals surface area contributed by atoms with E-state index in [4.69, 9.17) is 9.15 Å². The highest BCUT2D eigenvalue weighted by Gasteiger charge is 2.20. The van der Waals surface area contributed by atoms with Crippen LogP contribution in [0.15, 0.2) is 47.1 Å². The number of ether oxygens (including phenoxy) is 1. The zero-order valence-electron chi connectivity index (χ0n) is 18.3. The molecule has 1 aliphatic carbocycles. The molecule has 1 fully saturated rings. The molecule has 162 valence electrons. The zero-order valence-corrected chi connectivity index (χ0v) is 18.3. The maximum atomic E-state index is 13.4. The molecule has 0 radical (unpaired) electrons. The average Bonchev–Trinajstić information content (AvgIpc) is 3.40.